The van der Waals surface area contributed by atoms with E-state index in [1.54, 1.807) is 0 Å². The lowest BCUT2D eigenvalue weighted by atomic mass is 9.87. The molecule has 0 atom stereocenters. The molecule has 0 saturated heterocycles. The Kier molecular flexibility index (Phi) is 5.58. The molecule has 0 bridgehead atoms. The van der Waals surface area contributed by atoms with Crippen LogP contribution in [0.3, 0.4) is 0 Å². The number of hydrogen-bond donors (Lipinski definition) is 0. The monoisotopic (exact) mass is 343 g/mol. The standard InChI is InChI=1S/C25H29N/c1-25(2,3)24-15-13-20(14-16-24)18-26(4)19-21-9-8-12-23(17-21)22-10-6-5-7-11-22/h5-17H,18-19H2,1-4H3. The van der Waals surface area contributed by atoms with Crippen LogP contribution in [-0.2, 0) is 18.5 Å². The molecule has 0 unspecified atom stereocenters. The number of benzene rings is 3. The van der Waals surface area contributed by atoms with E-state index in [4.69, 9.17) is 0 Å². The second-order valence-corrected chi connectivity index (χ2v) is 8.19. The van der Waals surface area contributed by atoms with Gasteiger partial charge in [0.1, 0.15) is 0 Å². The van der Waals surface area contributed by atoms with Crippen LogP contribution in [0.25, 0.3) is 11.1 Å². The summed E-state index contributed by atoms with van der Waals surface area (Å²) in [6.07, 6.45) is 0. The summed E-state index contributed by atoms with van der Waals surface area (Å²) in [5.41, 5.74) is 6.86. The highest BCUT2D eigenvalue weighted by Gasteiger charge is 2.13. The predicted molar refractivity (Wildman–Crippen MR) is 112 cm³/mol. The van der Waals surface area contributed by atoms with Crippen molar-refractivity contribution in [3.05, 3.63) is 95.6 Å². The van der Waals surface area contributed by atoms with Crippen LogP contribution in [0.5, 0.6) is 0 Å². The first-order valence-corrected chi connectivity index (χ1v) is 9.34. The van der Waals surface area contributed by atoms with Crippen LogP contribution < -0.4 is 0 Å². The summed E-state index contributed by atoms with van der Waals surface area (Å²) >= 11 is 0. The molecular weight excluding hydrogens is 314 g/mol. The van der Waals surface area contributed by atoms with Gasteiger partial charge in [-0.15, -0.1) is 0 Å². The van der Waals surface area contributed by atoms with Crippen LogP contribution in [0.4, 0.5) is 0 Å². The highest BCUT2D eigenvalue weighted by Crippen LogP contribution is 2.23. The van der Waals surface area contributed by atoms with Crippen LogP contribution in [0.15, 0.2) is 78.9 Å². The van der Waals surface area contributed by atoms with E-state index in [0.717, 1.165) is 13.1 Å². The van der Waals surface area contributed by atoms with Gasteiger partial charge < -0.3 is 0 Å². The molecule has 0 radical (unpaired) electrons. The van der Waals surface area contributed by atoms with Crippen molar-refractivity contribution >= 4 is 0 Å². The van der Waals surface area contributed by atoms with Crippen LogP contribution in [-0.4, -0.2) is 11.9 Å². The lowest BCUT2D eigenvalue weighted by Crippen LogP contribution is -2.17. The average molecular weight is 344 g/mol. The van der Waals surface area contributed by atoms with Gasteiger partial charge in [0.25, 0.3) is 0 Å². The summed E-state index contributed by atoms with van der Waals surface area (Å²) in [5.74, 6) is 0. The largest absolute Gasteiger partial charge is 0.298 e. The van der Waals surface area contributed by atoms with Crippen LogP contribution in [0.2, 0.25) is 0 Å². The Hall–Kier alpha value is -2.38. The Morgan fingerprint density at radius 3 is 1.92 bits per heavy atom. The zero-order valence-electron chi connectivity index (χ0n) is 16.4. The number of nitrogens with zero attached hydrogens (tertiary/aromatic N) is 1. The molecule has 0 aliphatic rings. The maximum atomic E-state index is 2.37. The van der Waals surface area contributed by atoms with Gasteiger partial charge in [-0.05, 0) is 46.3 Å². The topological polar surface area (TPSA) is 3.24 Å². The molecule has 3 aromatic carbocycles. The first-order valence-electron chi connectivity index (χ1n) is 9.34. The van der Waals surface area contributed by atoms with Gasteiger partial charge in [-0.1, -0.05) is 93.6 Å². The minimum absolute atomic E-state index is 0.211. The molecule has 26 heavy (non-hydrogen) atoms. The molecule has 1 nitrogen and oxygen atoms in total. The van der Waals surface area contributed by atoms with Gasteiger partial charge in [0.05, 0.1) is 0 Å². The molecule has 3 rings (SSSR count). The summed E-state index contributed by atoms with van der Waals surface area (Å²) in [5, 5.41) is 0. The highest BCUT2D eigenvalue weighted by molar-refractivity contribution is 5.63. The van der Waals surface area contributed by atoms with Crippen LogP contribution in [0, 0.1) is 0 Å². The van der Waals surface area contributed by atoms with Crippen LogP contribution >= 0.6 is 0 Å². The third kappa shape index (κ3) is 4.83. The number of rotatable bonds is 5. The third-order valence-corrected chi connectivity index (χ3v) is 4.76. The van der Waals surface area contributed by atoms with Gasteiger partial charge in [-0.3, -0.25) is 4.90 Å². The molecule has 0 heterocycles. The van der Waals surface area contributed by atoms with Gasteiger partial charge in [0, 0.05) is 13.1 Å². The predicted octanol–water partition coefficient (Wildman–Crippen LogP) is 6.28. The summed E-state index contributed by atoms with van der Waals surface area (Å²) in [4.78, 5) is 2.37. The zero-order valence-corrected chi connectivity index (χ0v) is 16.4. The minimum Gasteiger partial charge on any atom is -0.298 e. The number of hydrogen-bond acceptors (Lipinski definition) is 1. The highest BCUT2D eigenvalue weighted by atomic mass is 15.1. The molecule has 0 aliphatic heterocycles. The third-order valence-electron chi connectivity index (χ3n) is 4.76. The van der Waals surface area contributed by atoms with Gasteiger partial charge >= 0.3 is 0 Å². The van der Waals surface area contributed by atoms with E-state index in [9.17, 15) is 0 Å². The van der Waals surface area contributed by atoms with Crippen molar-refractivity contribution in [1.29, 1.82) is 0 Å². The maximum absolute atomic E-state index is 2.37. The summed E-state index contributed by atoms with van der Waals surface area (Å²) in [6.45, 7) is 8.68. The van der Waals surface area contributed by atoms with Crippen molar-refractivity contribution in [1.82, 2.24) is 4.90 Å². The fourth-order valence-corrected chi connectivity index (χ4v) is 3.27. The van der Waals surface area contributed by atoms with E-state index in [0.29, 0.717) is 0 Å². The lowest BCUT2D eigenvalue weighted by Gasteiger charge is -2.21. The van der Waals surface area contributed by atoms with Crippen molar-refractivity contribution in [2.45, 2.75) is 39.3 Å². The van der Waals surface area contributed by atoms with Crippen molar-refractivity contribution in [3.8, 4) is 11.1 Å². The van der Waals surface area contributed by atoms with Gasteiger partial charge in [-0.2, -0.15) is 0 Å². The quantitative estimate of drug-likeness (QED) is 0.527. The zero-order chi connectivity index (χ0) is 18.6. The van der Waals surface area contributed by atoms with Crippen molar-refractivity contribution in [3.63, 3.8) is 0 Å². The Labute approximate surface area is 158 Å². The second kappa shape index (κ2) is 7.88. The summed E-state index contributed by atoms with van der Waals surface area (Å²) < 4.78 is 0. The minimum atomic E-state index is 0.211. The van der Waals surface area contributed by atoms with E-state index in [-0.39, 0.29) is 5.41 Å². The second-order valence-electron chi connectivity index (χ2n) is 8.19. The Bertz CT molecular complexity index is 826. The molecule has 0 aliphatic carbocycles. The molecule has 0 aromatic heterocycles. The van der Waals surface area contributed by atoms with Gasteiger partial charge in [-0.25, -0.2) is 0 Å². The average Bonchev–Trinajstić information content (AvgIpc) is 2.62. The summed E-state index contributed by atoms with van der Waals surface area (Å²) in [6, 6.07) is 28.5. The molecule has 0 fully saturated rings. The van der Waals surface area contributed by atoms with E-state index in [1.165, 1.54) is 27.8 Å². The van der Waals surface area contributed by atoms with E-state index >= 15 is 0 Å². The molecule has 0 spiro atoms. The van der Waals surface area contributed by atoms with Crippen molar-refractivity contribution in [2.24, 2.45) is 0 Å². The Morgan fingerprint density at radius 1 is 0.654 bits per heavy atom. The maximum Gasteiger partial charge on any atom is 0.0234 e. The molecule has 1 heteroatoms. The van der Waals surface area contributed by atoms with E-state index in [1.807, 2.05) is 0 Å². The SMILES string of the molecule is CN(Cc1ccc(C(C)(C)C)cc1)Cc1cccc(-c2ccccc2)c1. The van der Waals surface area contributed by atoms with Crippen molar-refractivity contribution in [2.75, 3.05) is 7.05 Å². The fraction of sp³-hybridized carbons (Fsp3) is 0.280. The first-order chi connectivity index (χ1) is 12.4. The van der Waals surface area contributed by atoms with E-state index < -0.39 is 0 Å². The molecule has 0 N–H and O–H groups in total. The Morgan fingerprint density at radius 2 is 1.27 bits per heavy atom. The smallest absolute Gasteiger partial charge is 0.0234 e. The van der Waals surface area contributed by atoms with Gasteiger partial charge in [0.2, 0.25) is 0 Å². The molecule has 134 valence electrons. The lowest BCUT2D eigenvalue weighted by molar-refractivity contribution is 0.319. The van der Waals surface area contributed by atoms with E-state index in [2.05, 4.69) is 112 Å². The van der Waals surface area contributed by atoms with Gasteiger partial charge in [0.15, 0.2) is 0 Å². The van der Waals surface area contributed by atoms with Crippen molar-refractivity contribution < 1.29 is 0 Å². The fourth-order valence-electron chi connectivity index (χ4n) is 3.27. The Balaban J connectivity index is 1.66. The normalized spacial score (nSPS) is 11.7. The first kappa shape index (κ1) is 18.4. The molecule has 0 amide bonds. The molecule has 3 aromatic rings. The molecular formula is C25H29N. The summed E-state index contributed by atoms with van der Waals surface area (Å²) in [7, 11) is 2.19. The van der Waals surface area contributed by atoms with Crippen LogP contribution in [0.1, 0.15) is 37.5 Å². The molecule has 0 saturated carbocycles.